The summed E-state index contributed by atoms with van der Waals surface area (Å²) < 4.78 is 11.6. The van der Waals surface area contributed by atoms with Gasteiger partial charge in [-0.2, -0.15) is 5.10 Å². The third-order valence-electron chi connectivity index (χ3n) is 2.77. The topological polar surface area (TPSA) is 79.4 Å². The van der Waals surface area contributed by atoms with Crippen LogP contribution in [0.2, 0.25) is 0 Å². The number of aromatic nitrogens is 2. The summed E-state index contributed by atoms with van der Waals surface area (Å²) in [5, 5.41) is 4.16. The van der Waals surface area contributed by atoms with Crippen molar-refractivity contribution in [2.75, 3.05) is 20.0 Å². The zero-order valence-corrected chi connectivity index (χ0v) is 11.0. The van der Waals surface area contributed by atoms with Crippen LogP contribution in [0.1, 0.15) is 0 Å². The fourth-order valence-electron chi connectivity index (χ4n) is 1.77. The van der Waals surface area contributed by atoms with Gasteiger partial charge in [-0.25, -0.2) is 4.68 Å². The van der Waals surface area contributed by atoms with Crippen LogP contribution in [-0.2, 0) is 7.05 Å². The summed E-state index contributed by atoms with van der Waals surface area (Å²) in [5.74, 6) is 1.22. The molecule has 0 saturated heterocycles. The van der Waals surface area contributed by atoms with Crippen molar-refractivity contribution in [3.63, 3.8) is 0 Å². The molecule has 0 amide bonds. The Kier molecular flexibility index (Phi) is 3.41. The number of rotatable bonds is 3. The molecule has 100 valence electrons. The summed E-state index contributed by atoms with van der Waals surface area (Å²) in [6.07, 6.45) is 0. The minimum Gasteiger partial charge on any atom is -0.493 e. The molecular weight excluding hydrogens is 246 g/mol. The lowest BCUT2D eigenvalue weighted by Crippen LogP contribution is -2.22. The van der Waals surface area contributed by atoms with E-state index in [0.29, 0.717) is 17.2 Å². The Morgan fingerprint density at radius 1 is 1.16 bits per heavy atom. The van der Waals surface area contributed by atoms with Crippen LogP contribution >= 0.6 is 0 Å². The van der Waals surface area contributed by atoms with E-state index in [2.05, 4.69) is 5.10 Å². The molecule has 0 aliphatic carbocycles. The molecule has 2 rings (SSSR count). The monoisotopic (exact) mass is 261 g/mol. The molecule has 0 aliphatic rings. The van der Waals surface area contributed by atoms with E-state index in [0.717, 1.165) is 5.56 Å². The van der Waals surface area contributed by atoms with Crippen LogP contribution in [0.15, 0.2) is 29.1 Å². The number of hydrogen-bond donors (Lipinski definition) is 1. The fourth-order valence-corrected chi connectivity index (χ4v) is 1.77. The first kappa shape index (κ1) is 12.9. The molecule has 1 aromatic carbocycles. The Labute approximate surface area is 110 Å². The molecule has 0 fully saturated rings. The average Bonchev–Trinajstić information content (AvgIpc) is 2.43. The number of methoxy groups -OCH3 is 2. The lowest BCUT2D eigenvalue weighted by atomic mass is 10.1. The molecule has 2 N–H and O–H groups in total. The number of nitrogens with two attached hydrogens (primary N) is 1. The molecule has 0 saturated carbocycles. The quantitative estimate of drug-likeness (QED) is 0.893. The Bertz CT molecular complexity index is 638. The van der Waals surface area contributed by atoms with Gasteiger partial charge in [-0.3, -0.25) is 4.79 Å². The second kappa shape index (κ2) is 5.01. The highest BCUT2D eigenvalue weighted by atomic mass is 16.5. The summed E-state index contributed by atoms with van der Waals surface area (Å²) in [4.78, 5) is 11.5. The lowest BCUT2D eigenvalue weighted by Gasteiger charge is -2.10. The standard InChI is InChI=1S/C13H15N3O3/c1-16-13(17)9(14)7-10(15-16)8-4-5-11(18-2)12(6-8)19-3/h4-7H,14H2,1-3H3. The zero-order chi connectivity index (χ0) is 14.0. The van der Waals surface area contributed by atoms with Crippen molar-refractivity contribution in [1.82, 2.24) is 9.78 Å². The lowest BCUT2D eigenvalue weighted by molar-refractivity contribution is 0.355. The van der Waals surface area contributed by atoms with E-state index in [9.17, 15) is 4.79 Å². The van der Waals surface area contributed by atoms with Gasteiger partial charge in [0, 0.05) is 12.6 Å². The Morgan fingerprint density at radius 2 is 1.84 bits per heavy atom. The van der Waals surface area contributed by atoms with Gasteiger partial charge in [-0.1, -0.05) is 0 Å². The van der Waals surface area contributed by atoms with E-state index in [4.69, 9.17) is 15.2 Å². The van der Waals surface area contributed by atoms with Crippen molar-refractivity contribution in [2.45, 2.75) is 0 Å². The maximum Gasteiger partial charge on any atom is 0.289 e. The molecular formula is C13H15N3O3. The summed E-state index contributed by atoms with van der Waals surface area (Å²) in [6.45, 7) is 0. The van der Waals surface area contributed by atoms with Crippen LogP contribution in [-0.4, -0.2) is 24.0 Å². The first-order valence-electron chi connectivity index (χ1n) is 5.63. The molecule has 1 aromatic heterocycles. The maximum atomic E-state index is 11.5. The van der Waals surface area contributed by atoms with Gasteiger partial charge in [0.2, 0.25) is 0 Å². The van der Waals surface area contributed by atoms with E-state index >= 15 is 0 Å². The Hall–Kier alpha value is -2.50. The highest BCUT2D eigenvalue weighted by Gasteiger charge is 2.09. The number of ether oxygens (including phenoxy) is 2. The molecule has 19 heavy (non-hydrogen) atoms. The van der Waals surface area contributed by atoms with Crippen LogP contribution < -0.4 is 20.8 Å². The van der Waals surface area contributed by atoms with Crippen LogP contribution in [0.5, 0.6) is 11.5 Å². The van der Waals surface area contributed by atoms with Gasteiger partial charge in [0.15, 0.2) is 11.5 Å². The average molecular weight is 261 g/mol. The molecule has 6 nitrogen and oxygen atoms in total. The van der Waals surface area contributed by atoms with Crippen LogP contribution in [0.4, 0.5) is 5.69 Å². The SMILES string of the molecule is COc1ccc(-c2cc(N)c(=O)n(C)n2)cc1OC. The second-order valence-corrected chi connectivity index (χ2v) is 3.98. The van der Waals surface area contributed by atoms with Crippen molar-refractivity contribution >= 4 is 5.69 Å². The number of anilines is 1. The first-order valence-corrected chi connectivity index (χ1v) is 5.63. The van der Waals surface area contributed by atoms with E-state index in [-0.39, 0.29) is 11.2 Å². The normalized spacial score (nSPS) is 10.3. The van der Waals surface area contributed by atoms with Crippen LogP contribution in [0.25, 0.3) is 11.3 Å². The summed E-state index contributed by atoms with van der Waals surface area (Å²) in [6, 6.07) is 6.93. The van der Waals surface area contributed by atoms with Crippen molar-refractivity contribution < 1.29 is 9.47 Å². The minimum absolute atomic E-state index is 0.155. The number of benzene rings is 1. The van der Waals surface area contributed by atoms with Crippen molar-refractivity contribution in [3.05, 3.63) is 34.6 Å². The highest BCUT2D eigenvalue weighted by Crippen LogP contribution is 2.31. The third kappa shape index (κ3) is 2.37. The largest absolute Gasteiger partial charge is 0.493 e. The number of nitrogens with zero attached hydrogens (tertiary/aromatic N) is 2. The molecule has 1 heterocycles. The molecule has 0 spiro atoms. The molecule has 6 heteroatoms. The predicted octanol–water partition coefficient (Wildman–Crippen LogP) is 1.05. The zero-order valence-electron chi connectivity index (χ0n) is 11.0. The highest BCUT2D eigenvalue weighted by molar-refractivity contribution is 5.66. The molecule has 0 radical (unpaired) electrons. The summed E-state index contributed by atoms with van der Waals surface area (Å²) in [7, 11) is 4.69. The van der Waals surface area contributed by atoms with Gasteiger partial charge < -0.3 is 15.2 Å². The van der Waals surface area contributed by atoms with Gasteiger partial charge in [-0.05, 0) is 24.3 Å². The number of nitrogen functional groups attached to an aromatic ring is 1. The number of aryl methyl sites for hydroxylation is 1. The molecule has 2 aromatic rings. The van der Waals surface area contributed by atoms with E-state index in [1.807, 2.05) is 6.07 Å². The summed E-state index contributed by atoms with van der Waals surface area (Å²) in [5.41, 5.74) is 6.88. The fraction of sp³-hybridized carbons (Fsp3) is 0.231. The van der Waals surface area contributed by atoms with Gasteiger partial charge in [0.1, 0.15) is 5.69 Å². The van der Waals surface area contributed by atoms with Crippen molar-refractivity contribution in [1.29, 1.82) is 0 Å². The minimum atomic E-state index is -0.316. The smallest absolute Gasteiger partial charge is 0.289 e. The molecule has 0 atom stereocenters. The second-order valence-electron chi connectivity index (χ2n) is 3.98. The molecule has 0 bridgehead atoms. The Morgan fingerprint density at radius 3 is 2.42 bits per heavy atom. The predicted molar refractivity (Wildman–Crippen MR) is 72.4 cm³/mol. The van der Waals surface area contributed by atoms with Crippen molar-refractivity contribution in [3.8, 4) is 22.8 Å². The van der Waals surface area contributed by atoms with E-state index in [1.54, 1.807) is 39.5 Å². The van der Waals surface area contributed by atoms with Crippen LogP contribution in [0.3, 0.4) is 0 Å². The van der Waals surface area contributed by atoms with E-state index in [1.165, 1.54) is 4.68 Å². The van der Waals surface area contributed by atoms with Crippen LogP contribution in [0, 0.1) is 0 Å². The van der Waals surface area contributed by atoms with Gasteiger partial charge in [-0.15, -0.1) is 0 Å². The molecule has 0 unspecified atom stereocenters. The third-order valence-corrected chi connectivity index (χ3v) is 2.77. The maximum absolute atomic E-state index is 11.5. The van der Waals surface area contributed by atoms with Gasteiger partial charge >= 0.3 is 0 Å². The number of hydrogen-bond acceptors (Lipinski definition) is 5. The molecule has 0 aliphatic heterocycles. The first-order chi connectivity index (χ1) is 9.06. The summed E-state index contributed by atoms with van der Waals surface area (Å²) >= 11 is 0. The van der Waals surface area contributed by atoms with Crippen molar-refractivity contribution in [2.24, 2.45) is 7.05 Å². The van der Waals surface area contributed by atoms with E-state index < -0.39 is 0 Å². The van der Waals surface area contributed by atoms with Gasteiger partial charge in [0.25, 0.3) is 5.56 Å². The Balaban J connectivity index is 2.56. The van der Waals surface area contributed by atoms with Gasteiger partial charge in [0.05, 0.1) is 19.9 Å².